The van der Waals surface area contributed by atoms with Gasteiger partial charge in [-0.25, -0.2) is 4.79 Å². The molecule has 4 nitrogen and oxygen atoms in total. The van der Waals surface area contributed by atoms with Crippen LogP contribution in [0.25, 0.3) is 0 Å². The number of hydrogen-bond donors (Lipinski definition) is 1. The van der Waals surface area contributed by atoms with Crippen LogP contribution in [0, 0.1) is 23.7 Å². The van der Waals surface area contributed by atoms with Gasteiger partial charge >= 0.3 is 5.97 Å². The summed E-state index contributed by atoms with van der Waals surface area (Å²) in [6, 6.07) is 0. The number of fused-ring (bicyclic) bond motifs is 1. The van der Waals surface area contributed by atoms with Crippen LogP contribution in [0.1, 0.15) is 72.1 Å². The largest absolute Gasteiger partial charge is 0.479 e. The van der Waals surface area contributed by atoms with E-state index in [0.717, 1.165) is 25.7 Å². The third-order valence-corrected chi connectivity index (χ3v) is 5.83. The van der Waals surface area contributed by atoms with Gasteiger partial charge in [0.2, 0.25) is 0 Å². The molecule has 0 heterocycles. The average molecular weight is 350 g/mol. The van der Waals surface area contributed by atoms with Gasteiger partial charge in [-0.1, -0.05) is 38.3 Å². The first kappa shape index (κ1) is 20.2. The van der Waals surface area contributed by atoms with E-state index in [1.54, 1.807) is 13.8 Å². The Balaban J connectivity index is 1.65. The molecule has 0 spiro atoms. The van der Waals surface area contributed by atoms with Crippen molar-refractivity contribution in [1.29, 1.82) is 0 Å². The number of unbranched alkanes of at least 4 members (excludes halogenated alkanes) is 4. The molecular weight excluding hydrogens is 316 g/mol. The van der Waals surface area contributed by atoms with Crippen molar-refractivity contribution in [3.8, 4) is 0 Å². The minimum atomic E-state index is -1.13. The lowest BCUT2D eigenvalue weighted by atomic mass is 9.93. The summed E-state index contributed by atoms with van der Waals surface area (Å²) in [5.41, 5.74) is -1.13. The van der Waals surface area contributed by atoms with Crippen LogP contribution in [0.4, 0.5) is 0 Å². The molecule has 0 aliphatic heterocycles. The minimum absolute atomic E-state index is 0.225. The number of aliphatic carboxylic acids is 1. The Labute approximate surface area is 152 Å². The molecule has 0 amide bonds. The van der Waals surface area contributed by atoms with Crippen molar-refractivity contribution in [1.82, 2.24) is 0 Å². The van der Waals surface area contributed by atoms with Crippen molar-refractivity contribution < 1.29 is 19.4 Å². The van der Waals surface area contributed by atoms with Gasteiger partial charge in [-0.2, -0.15) is 0 Å². The van der Waals surface area contributed by atoms with Gasteiger partial charge in [-0.05, 0) is 57.3 Å². The maximum absolute atomic E-state index is 12.2. The van der Waals surface area contributed by atoms with Crippen molar-refractivity contribution in [2.75, 3.05) is 6.61 Å². The summed E-state index contributed by atoms with van der Waals surface area (Å²) in [7, 11) is 0. The third-order valence-electron chi connectivity index (χ3n) is 5.83. The highest BCUT2D eigenvalue weighted by Gasteiger charge is 2.59. The molecule has 0 aromatic heterocycles. The molecule has 0 aromatic carbocycles. The Bertz CT molecular complexity index is 494. The van der Waals surface area contributed by atoms with Crippen LogP contribution in [-0.2, 0) is 14.3 Å². The lowest BCUT2D eigenvalue weighted by Crippen LogP contribution is -2.35. The van der Waals surface area contributed by atoms with E-state index in [9.17, 15) is 9.59 Å². The van der Waals surface area contributed by atoms with E-state index in [2.05, 4.69) is 19.1 Å². The molecule has 4 unspecified atom stereocenters. The number of carboxylic acid groups (broad SMARTS) is 1. The standard InChI is InChI=1S/C21H34O4/c1-4-5-6-7-8-11-15-17-14-18(22)16(19(15)17)12-9-10-13-25-21(2,3)20(23)24/h8,11,15-17,19H,4-7,9-10,12-14H2,1-3H3,(H,23,24). The minimum Gasteiger partial charge on any atom is -0.479 e. The second kappa shape index (κ2) is 8.98. The molecule has 0 saturated heterocycles. The van der Waals surface area contributed by atoms with Crippen molar-refractivity contribution in [2.45, 2.75) is 77.7 Å². The Morgan fingerprint density at radius 2 is 2.04 bits per heavy atom. The molecule has 4 atom stereocenters. The van der Waals surface area contributed by atoms with Crippen molar-refractivity contribution in [3.05, 3.63) is 12.2 Å². The van der Waals surface area contributed by atoms with Gasteiger partial charge in [0.15, 0.2) is 5.60 Å². The quantitative estimate of drug-likeness (QED) is 0.412. The zero-order chi connectivity index (χ0) is 18.4. The molecule has 4 heteroatoms. The average Bonchev–Trinajstić information content (AvgIpc) is 3.10. The topological polar surface area (TPSA) is 63.6 Å². The first-order valence-corrected chi connectivity index (χ1v) is 9.95. The summed E-state index contributed by atoms with van der Waals surface area (Å²) >= 11 is 0. The van der Waals surface area contributed by atoms with Gasteiger partial charge in [0, 0.05) is 18.9 Å². The second-order valence-corrected chi connectivity index (χ2v) is 8.18. The van der Waals surface area contributed by atoms with Crippen LogP contribution < -0.4 is 0 Å². The summed E-state index contributed by atoms with van der Waals surface area (Å²) in [6.45, 7) is 5.80. The highest BCUT2D eigenvalue weighted by atomic mass is 16.5. The number of ether oxygens (including phenoxy) is 1. The Kier molecular flexibility index (Phi) is 7.24. The number of carbonyl (C=O) groups is 2. The molecule has 0 aromatic rings. The molecule has 25 heavy (non-hydrogen) atoms. The monoisotopic (exact) mass is 350 g/mol. The molecule has 2 aliphatic carbocycles. The molecule has 2 saturated carbocycles. The third kappa shape index (κ3) is 5.40. The zero-order valence-electron chi connectivity index (χ0n) is 16.0. The lowest BCUT2D eigenvalue weighted by Gasteiger charge is -2.20. The zero-order valence-corrected chi connectivity index (χ0v) is 16.0. The van der Waals surface area contributed by atoms with E-state index in [1.807, 2.05) is 0 Å². The smallest absolute Gasteiger partial charge is 0.335 e. The predicted octanol–water partition coefficient (Wildman–Crippen LogP) is 4.62. The summed E-state index contributed by atoms with van der Waals surface area (Å²) in [5, 5.41) is 9.02. The molecule has 2 rings (SSSR count). The summed E-state index contributed by atoms with van der Waals surface area (Å²) < 4.78 is 5.43. The van der Waals surface area contributed by atoms with Crippen LogP contribution in [0.5, 0.6) is 0 Å². The molecule has 1 N–H and O–H groups in total. The lowest BCUT2D eigenvalue weighted by molar-refractivity contribution is -0.161. The van der Waals surface area contributed by atoms with E-state index >= 15 is 0 Å². The van der Waals surface area contributed by atoms with E-state index in [4.69, 9.17) is 9.84 Å². The van der Waals surface area contributed by atoms with Gasteiger partial charge in [-0.3, -0.25) is 4.79 Å². The molecule has 2 fully saturated rings. The normalized spacial score (nSPS) is 28.5. The Hall–Kier alpha value is -1.16. The van der Waals surface area contributed by atoms with Gasteiger partial charge in [-0.15, -0.1) is 0 Å². The maximum atomic E-state index is 12.2. The fraction of sp³-hybridized carbons (Fsp3) is 0.810. The highest BCUT2D eigenvalue weighted by Crippen LogP contribution is 2.60. The van der Waals surface area contributed by atoms with Gasteiger partial charge in [0.25, 0.3) is 0 Å². The maximum Gasteiger partial charge on any atom is 0.335 e. The van der Waals surface area contributed by atoms with Crippen LogP contribution in [0.15, 0.2) is 12.2 Å². The Morgan fingerprint density at radius 1 is 1.28 bits per heavy atom. The second-order valence-electron chi connectivity index (χ2n) is 8.18. The molecular formula is C21H34O4. The Morgan fingerprint density at radius 3 is 2.72 bits per heavy atom. The molecule has 142 valence electrons. The van der Waals surface area contributed by atoms with E-state index < -0.39 is 11.6 Å². The van der Waals surface area contributed by atoms with E-state index in [-0.39, 0.29) is 5.92 Å². The van der Waals surface area contributed by atoms with Crippen molar-refractivity contribution >= 4 is 11.8 Å². The number of allylic oxidation sites excluding steroid dienone is 2. The molecule has 0 bridgehead atoms. The number of carboxylic acids is 1. The van der Waals surface area contributed by atoms with Crippen LogP contribution in [-0.4, -0.2) is 29.1 Å². The number of Topliss-reactive ketones (excluding diaryl/α,β-unsaturated/α-hetero) is 1. The fourth-order valence-electron chi connectivity index (χ4n) is 4.11. The summed E-state index contributed by atoms with van der Waals surface area (Å²) in [5.74, 6) is 1.54. The van der Waals surface area contributed by atoms with Gasteiger partial charge < -0.3 is 9.84 Å². The van der Waals surface area contributed by atoms with Crippen molar-refractivity contribution in [3.63, 3.8) is 0 Å². The number of rotatable bonds is 12. The number of hydrogen-bond acceptors (Lipinski definition) is 3. The van der Waals surface area contributed by atoms with Crippen LogP contribution in [0.3, 0.4) is 0 Å². The first-order valence-electron chi connectivity index (χ1n) is 9.95. The summed E-state index contributed by atoms with van der Waals surface area (Å²) in [6.07, 6.45) is 13.1. The summed E-state index contributed by atoms with van der Waals surface area (Å²) in [4.78, 5) is 23.1. The highest BCUT2D eigenvalue weighted by molar-refractivity contribution is 5.85. The van der Waals surface area contributed by atoms with E-state index in [1.165, 1.54) is 25.7 Å². The van der Waals surface area contributed by atoms with Gasteiger partial charge in [0.1, 0.15) is 5.78 Å². The SMILES string of the molecule is CCCCCC=CC1C2CC(=O)C(CCCCOC(C)(C)C(=O)O)C12. The van der Waals surface area contributed by atoms with Crippen LogP contribution in [0.2, 0.25) is 0 Å². The predicted molar refractivity (Wildman–Crippen MR) is 98.4 cm³/mol. The van der Waals surface area contributed by atoms with E-state index in [0.29, 0.717) is 30.1 Å². The van der Waals surface area contributed by atoms with Gasteiger partial charge in [0.05, 0.1) is 0 Å². The number of ketones is 1. The molecule has 2 aliphatic rings. The van der Waals surface area contributed by atoms with Crippen LogP contribution >= 0.6 is 0 Å². The van der Waals surface area contributed by atoms with Crippen molar-refractivity contribution in [2.24, 2.45) is 23.7 Å². The molecule has 0 radical (unpaired) electrons. The first-order chi connectivity index (χ1) is 11.9. The fourth-order valence-corrected chi connectivity index (χ4v) is 4.11. The number of carbonyl (C=O) groups excluding carboxylic acids is 1.